The third kappa shape index (κ3) is 3.74. The number of benzene rings is 2. The van der Waals surface area contributed by atoms with Crippen LogP contribution in [0.3, 0.4) is 0 Å². The van der Waals surface area contributed by atoms with Gasteiger partial charge in [-0.15, -0.1) is 11.3 Å². The Morgan fingerprint density at radius 1 is 1.19 bits per heavy atom. The van der Waals surface area contributed by atoms with Gasteiger partial charge >= 0.3 is 0 Å². The first-order valence-electron chi connectivity index (χ1n) is 8.94. The first-order valence-corrected chi connectivity index (χ1v) is 9.82. The average Bonchev–Trinajstić information content (AvgIpc) is 3.42. The number of phenols is 2. The van der Waals surface area contributed by atoms with Crippen LogP contribution in [0.25, 0.3) is 10.1 Å². The second-order valence-electron chi connectivity index (χ2n) is 6.94. The topological polar surface area (TPSA) is 58.9 Å². The number of thiophene rings is 1. The van der Waals surface area contributed by atoms with E-state index in [9.17, 15) is 10.2 Å². The number of methoxy groups -OCH3 is 1. The zero-order valence-electron chi connectivity index (χ0n) is 15.2. The standard InChI is InChI=1S/C22H22O4S/c1-13(25-2)7-16-12-27-21-10-18(9-19(22(16)21)14-3-4-14)26-11-15-5-6-17(23)8-20(15)24/h5-6,8-10,12,14,23-24H,1,3-4,7,11H2,2H3. The predicted molar refractivity (Wildman–Crippen MR) is 108 cm³/mol. The first-order chi connectivity index (χ1) is 13.0. The molecule has 0 amide bonds. The molecule has 27 heavy (non-hydrogen) atoms. The fourth-order valence-corrected chi connectivity index (χ4v) is 4.31. The third-order valence-electron chi connectivity index (χ3n) is 4.91. The van der Waals surface area contributed by atoms with Gasteiger partial charge in [-0.25, -0.2) is 0 Å². The molecule has 1 fully saturated rings. The Hall–Kier alpha value is -2.66. The molecule has 2 aromatic carbocycles. The summed E-state index contributed by atoms with van der Waals surface area (Å²) in [6.07, 6.45) is 3.13. The molecule has 0 aliphatic heterocycles. The molecule has 0 spiro atoms. The van der Waals surface area contributed by atoms with E-state index in [-0.39, 0.29) is 18.1 Å². The first kappa shape index (κ1) is 17.7. The lowest BCUT2D eigenvalue weighted by atomic mass is 10.00. The van der Waals surface area contributed by atoms with Crippen molar-refractivity contribution in [2.24, 2.45) is 0 Å². The van der Waals surface area contributed by atoms with Crippen molar-refractivity contribution >= 4 is 21.4 Å². The number of allylic oxidation sites excluding steroid dienone is 1. The van der Waals surface area contributed by atoms with Crippen LogP contribution in [0.2, 0.25) is 0 Å². The largest absolute Gasteiger partial charge is 0.508 e. The summed E-state index contributed by atoms with van der Waals surface area (Å²) in [6.45, 7) is 4.21. The normalized spacial score (nSPS) is 13.7. The highest BCUT2D eigenvalue weighted by molar-refractivity contribution is 7.17. The van der Waals surface area contributed by atoms with Crippen molar-refractivity contribution in [3.63, 3.8) is 0 Å². The SMILES string of the molecule is C=C(Cc1csc2cc(OCc3ccc(O)cc3O)cc(C3CC3)c12)OC. The molecule has 1 heterocycles. The van der Waals surface area contributed by atoms with Crippen molar-refractivity contribution in [1.29, 1.82) is 0 Å². The molecular weight excluding hydrogens is 360 g/mol. The molecule has 0 unspecified atom stereocenters. The van der Waals surface area contributed by atoms with Gasteiger partial charge in [-0.2, -0.15) is 0 Å². The second-order valence-corrected chi connectivity index (χ2v) is 7.85. The van der Waals surface area contributed by atoms with Gasteiger partial charge in [0.15, 0.2) is 0 Å². The van der Waals surface area contributed by atoms with Crippen LogP contribution < -0.4 is 4.74 Å². The van der Waals surface area contributed by atoms with Crippen LogP contribution in [0, 0.1) is 0 Å². The summed E-state index contributed by atoms with van der Waals surface area (Å²) in [6, 6.07) is 8.73. The van der Waals surface area contributed by atoms with Gasteiger partial charge in [0.1, 0.15) is 23.9 Å². The summed E-state index contributed by atoms with van der Waals surface area (Å²) in [5.74, 6) is 2.23. The monoisotopic (exact) mass is 382 g/mol. The molecule has 4 nitrogen and oxygen atoms in total. The molecule has 1 saturated carbocycles. The van der Waals surface area contributed by atoms with E-state index in [1.807, 2.05) is 0 Å². The molecule has 2 N–H and O–H groups in total. The predicted octanol–water partition coefficient (Wildman–Crippen LogP) is 5.47. The molecule has 140 valence electrons. The minimum absolute atomic E-state index is 0.0370. The summed E-state index contributed by atoms with van der Waals surface area (Å²) in [5.41, 5.74) is 3.23. The van der Waals surface area contributed by atoms with Crippen LogP contribution >= 0.6 is 11.3 Å². The molecule has 0 saturated heterocycles. The van der Waals surface area contributed by atoms with Crippen LogP contribution in [0.15, 0.2) is 48.0 Å². The van der Waals surface area contributed by atoms with E-state index in [1.165, 1.54) is 40.1 Å². The van der Waals surface area contributed by atoms with Crippen molar-refractivity contribution < 1.29 is 19.7 Å². The highest BCUT2D eigenvalue weighted by atomic mass is 32.1. The molecule has 1 aromatic heterocycles. The molecule has 3 aromatic rings. The second kappa shape index (κ2) is 7.16. The quantitative estimate of drug-likeness (QED) is 0.532. The number of hydrogen-bond donors (Lipinski definition) is 2. The average molecular weight is 382 g/mol. The maximum atomic E-state index is 9.95. The summed E-state index contributed by atoms with van der Waals surface area (Å²) in [5, 5.41) is 22.8. The highest BCUT2D eigenvalue weighted by Crippen LogP contribution is 2.47. The van der Waals surface area contributed by atoms with Gasteiger partial charge in [0.05, 0.1) is 12.9 Å². The Balaban J connectivity index is 1.63. The van der Waals surface area contributed by atoms with Crippen LogP contribution in [-0.2, 0) is 17.8 Å². The Morgan fingerprint density at radius 3 is 2.70 bits per heavy atom. The molecular formula is C22H22O4S. The third-order valence-corrected chi connectivity index (χ3v) is 5.89. The summed E-state index contributed by atoms with van der Waals surface area (Å²) < 4.78 is 12.4. The number of ether oxygens (including phenoxy) is 2. The molecule has 0 radical (unpaired) electrons. The maximum absolute atomic E-state index is 9.95. The van der Waals surface area contributed by atoms with E-state index in [0.29, 0.717) is 11.5 Å². The Kier molecular flexibility index (Phi) is 4.70. The van der Waals surface area contributed by atoms with Gasteiger partial charge in [0.2, 0.25) is 0 Å². The molecule has 1 aliphatic carbocycles. The fraction of sp³-hybridized carbons (Fsp3) is 0.273. The van der Waals surface area contributed by atoms with Gasteiger partial charge in [0, 0.05) is 22.8 Å². The van der Waals surface area contributed by atoms with Crippen molar-refractivity contribution in [3.8, 4) is 17.2 Å². The summed E-state index contributed by atoms with van der Waals surface area (Å²) in [7, 11) is 1.66. The molecule has 5 heteroatoms. The van der Waals surface area contributed by atoms with Gasteiger partial charge in [-0.1, -0.05) is 6.58 Å². The fourth-order valence-electron chi connectivity index (χ4n) is 3.29. The number of fused-ring (bicyclic) bond motifs is 1. The zero-order chi connectivity index (χ0) is 19.0. The number of rotatable bonds is 7. The van der Waals surface area contributed by atoms with Gasteiger partial charge in [-0.3, -0.25) is 0 Å². The van der Waals surface area contributed by atoms with Crippen molar-refractivity contribution in [1.82, 2.24) is 0 Å². The van der Waals surface area contributed by atoms with Crippen molar-refractivity contribution in [2.75, 3.05) is 7.11 Å². The Morgan fingerprint density at radius 2 is 2.00 bits per heavy atom. The van der Waals surface area contributed by atoms with Crippen LogP contribution in [0.1, 0.15) is 35.4 Å². The Bertz CT molecular complexity index is 1000. The molecule has 0 bridgehead atoms. The van der Waals surface area contributed by atoms with Crippen LogP contribution in [0.5, 0.6) is 17.2 Å². The van der Waals surface area contributed by atoms with E-state index in [1.54, 1.807) is 30.6 Å². The van der Waals surface area contributed by atoms with E-state index in [0.717, 1.165) is 17.9 Å². The van der Waals surface area contributed by atoms with E-state index in [4.69, 9.17) is 9.47 Å². The van der Waals surface area contributed by atoms with Crippen molar-refractivity contribution in [2.45, 2.75) is 31.8 Å². The van der Waals surface area contributed by atoms with Gasteiger partial charge in [0.25, 0.3) is 0 Å². The number of hydrogen-bond acceptors (Lipinski definition) is 5. The van der Waals surface area contributed by atoms with E-state index < -0.39 is 0 Å². The van der Waals surface area contributed by atoms with Crippen molar-refractivity contribution in [3.05, 3.63) is 64.7 Å². The summed E-state index contributed by atoms with van der Waals surface area (Å²) >= 11 is 1.71. The minimum Gasteiger partial charge on any atom is -0.508 e. The Labute approximate surface area is 162 Å². The maximum Gasteiger partial charge on any atom is 0.125 e. The van der Waals surface area contributed by atoms with Gasteiger partial charge in [-0.05, 0) is 64.9 Å². The lowest BCUT2D eigenvalue weighted by molar-refractivity contribution is 0.285. The number of phenolic OH excluding ortho intramolecular Hbond substituents is 2. The lowest BCUT2D eigenvalue weighted by Crippen LogP contribution is -1.97. The summed E-state index contributed by atoms with van der Waals surface area (Å²) in [4.78, 5) is 0. The molecule has 0 atom stereocenters. The highest BCUT2D eigenvalue weighted by Gasteiger charge is 2.27. The zero-order valence-corrected chi connectivity index (χ0v) is 16.0. The smallest absolute Gasteiger partial charge is 0.125 e. The van der Waals surface area contributed by atoms with Gasteiger partial charge < -0.3 is 19.7 Å². The minimum atomic E-state index is 0.0370. The van der Waals surface area contributed by atoms with E-state index >= 15 is 0 Å². The van der Waals surface area contributed by atoms with Crippen LogP contribution in [-0.4, -0.2) is 17.3 Å². The number of aromatic hydroxyl groups is 2. The molecule has 4 rings (SSSR count). The van der Waals surface area contributed by atoms with Crippen LogP contribution in [0.4, 0.5) is 0 Å². The van der Waals surface area contributed by atoms with E-state index in [2.05, 4.69) is 24.1 Å². The molecule has 1 aliphatic rings. The lowest BCUT2D eigenvalue weighted by Gasteiger charge is -2.12.